The van der Waals surface area contributed by atoms with Gasteiger partial charge in [0.2, 0.25) is 10.0 Å². The Labute approximate surface area is 123 Å². The lowest BCUT2D eigenvalue weighted by Gasteiger charge is -2.10. The van der Waals surface area contributed by atoms with Crippen LogP contribution in [0.2, 0.25) is 0 Å². The molecule has 3 N–H and O–H groups in total. The van der Waals surface area contributed by atoms with Gasteiger partial charge in [0.05, 0.1) is 17.6 Å². The summed E-state index contributed by atoms with van der Waals surface area (Å²) in [6.45, 7) is -0.714. The minimum absolute atomic E-state index is 0.118. The predicted octanol–water partition coefficient (Wildman–Crippen LogP) is 0.985. The van der Waals surface area contributed by atoms with E-state index >= 15 is 0 Å². The van der Waals surface area contributed by atoms with Gasteiger partial charge in [0.15, 0.2) is 0 Å². The number of nitrogens with one attached hydrogen (secondary N) is 1. The summed E-state index contributed by atoms with van der Waals surface area (Å²) >= 11 is 0. The summed E-state index contributed by atoms with van der Waals surface area (Å²) in [5.74, 6) is 0. The van der Waals surface area contributed by atoms with E-state index in [2.05, 4.69) is 4.72 Å². The maximum Gasteiger partial charge on any atom is 0.240 e. The Morgan fingerprint density at radius 1 is 0.952 bits per heavy atom. The summed E-state index contributed by atoms with van der Waals surface area (Å²) in [5, 5.41) is 17.9. The van der Waals surface area contributed by atoms with Crippen LogP contribution >= 0.6 is 0 Å². The highest BCUT2D eigenvalue weighted by Crippen LogP contribution is 2.20. The first-order valence-corrected chi connectivity index (χ1v) is 7.95. The molecule has 0 heterocycles. The number of aliphatic hydroxyl groups is 2. The molecule has 0 unspecified atom stereocenters. The van der Waals surface area contributed by atoms with Gasteiger partial charge < -0.3 is 10.2 Å². The summed E-state index contributed by atoms with van der Waals surface area (Å²) < 4.78 is 26.2. The maximum atomic E-state index is 12.0. The monoisotopic (exact) mass is 307 g/mol. The van der Waals surface area contributed by atoms with Gasteiger partial charge in [0, 0.05) is 6.54 Å². The van der Waals surface area contributed by atoms with Crippen molar-refractivity contribution in [2.45, 2.75) is 11.0 Å². The zero-order chi connectivity index (χ0) is 15.3. The molecular formula is C15H17NO4S. The van der Waals surface area contributed by atoms with Crippen LogP contribution in [0.25, 0.3) is 11.1 Å². The van der Waals surface area contributed by atoms with Crippen molar-refractivity contribution < 1.29 is 18.6 Å². The highest BCUT2D eigenvalue weighted by atomic mass is 32.2. The summed E-state index contributed by atoms with van der Waals surface area (Å²) in [6, 6.07) is 16.1. The third-order valence-corrected chi connectivity index (χ3v) is 4.43. The second-order valence-corrected chi connectivity index (χ2v) is 6.35. The van der Waals surface area contributed by atoms with Crippen LogP contribution in [-0.2, 0) is 10.0 Å². The SMILES string of the molecule is O=S(=O)(NC[C@H](O)CO)c1ccc(-c2ccccc2)cc1. The lowest BCUT2D eigenvalue weighted by atomic mass is 10.1. The minimum Gasteiger partial charge on any atom is -0.394 e. The van der Waals surface area contributed by atoms with Crippen molar-refractivity contribution in [2.24, 2.45) is 0 Å². The van der Waals surface area contributed by atoms with Gasteiger partial charge in [-0.2, -0.15) is 0 Å². The second-order valence-electron chi connectivity index (χ2n) is 4.58. The fourth-order valence-electron chi connectivity index (χ4n) is 1.81. The fourth-order valence-corrected chi connectivity index (χ4v) is 2.88. The molecule has 0 aliphatic rings. The van der Waals surface area contributed by atoms with Crippen molar-refractivity contribution in [3.8, 4) is 11.1 Å². The number of rotatable bonds is 6. The molecule has 0 bridgehead atoms. The van der Waals surface area contributed by atoms with Crippen LogP contribution < -0.4 is 4.72 Å². The van der Waals surface area contributed by atoms with Crippen molar-refractivity contribution in [3.05, 3.63) is 54.6 Å². The van der Waals surface area contributed by atoms with Crippen molar-refractivity contribution >= 4 is 10.0 Å². The average molecular weight is 307 g/mol. The van der Waals surface area contributed by atoms with E-state index in [1.807, 2.05) is 30.3 Å². The zero-order valence-electron chi connectivity index (χ0n) is 11.3. The van der Waals surface area contributed by atoms with Crippen molar-refractivity contribution in [2.75, 3.05) is 13.2 Å². The molecule has 2 aromatic rings. The smallest absolute Gasteiger partial charge is 0.240 e. The molecule has 0 aliphatic carbocycles. The molecule has 0 radical (unpaired) electrons. The minimum atomic E-state index is -3.69. The topological polar surface area (TPSA) is 86.6 Å². The van der Waals surface area contributed by atoms with Crippen LogP contribution in [0.15, 0.2) is 59.5 Å². The maximum absolute atomic E-state index is 12.0. The lowest BCUT2D eigenvalue weighted by molar-refractivity contribution is 0.0988. The van der Waals surface area contributed by atoms with Crippen molar-refractivity contribution in [1.29, 1.82) is 0 Å². The van der Waals surface area contributed by atoms with Gasteiger partial charge in [-0.3, -0.25) is 0 Å². The molecule has 112 valence electrons. The van der Waals surface area contributed by atoms with Gasteiger partial charge in [-0.05, 0) is 23.3 Å². The van der Waals surface area contributed by atoms with E-state index in [4.69, 9.17) is 5.11 Å². The molecule has 2 aromatic carbocycles. The highest BCUT2D eigenvalue weighted by Gasteiger charge is 2.15. The first-order valence-electron chi connectivity index (χ1n) is 6.47. The Morgan fingerprint density at radius 3 is 2.10 bits per heavy atom. The molecule has 0 spiro atoms. The van der Waals surface area contributed by atoms with Gasteiger partial charge in [-0.15, -0.1) is 0 Å². The van der Waals surface area contributed by atoms with Gasteiger partial charge in [0.1, 0.15) is 0 Å². The number of hydrogen-bond donors (Lipinski definition) is 3. The molecule has 0 saturated carbocycles. The zero-order valence-corrected chi connectivity index (χ0v) is 12.1. The average Bonchev–Trinajstić information content (AvgIpc) is 2.53. The van der Waals surface area contributed by atoms with E-state index in [0.29, 0.717) is 0 Å². The Bertz CT molecular complexity index is 669. The second kappa shape index (κ2) is 6.82. The Morgan fingerprint density at radius 2 is 1.52 bits per heavy atom. The summed E-state index contributed by atoms with van der Waals surface area (Å²) in [4.78, 5) is 0.118. The molecule has 5 nitrogen and oxygen atoms in total. The third kappa shape index (κ3) is 4.12. The van der Waals surface area contributed by atoms with E-state index in [1.54, 1.807) is 12.1 Å². The van der Waals surface area contributed by atoms with Crippen LogP contribution in [0.3, 0.4) is 0 Å². The normalized spacial score (nSPS) is 13.0. The largest absolute Gasteiger partial charge is 0.394 e. The number of sulfonamides is 1. The number of hydrogen-bond acceptors (Lipinski definition) is 4. The molecule has 0 saturated heterocycles. The van der Waals surface area contributed by atoms with Crippen LogP contribution in [0.4, 0.5) is 0 Å². The van der Waals surface area contributed by atoms with Crippen molar-refractivity contribution in [3.63, 3.8) is 0 Å². The van der Waals surface area contributed by atoms with Crippen LogP contribution in [0.1, 0.15) is 0 Å². The molecular weight excluding hydrogens is 290 g/mol. The predicted molar refractivity (Wildman–Crippen MR) is 80.2 cm³/mol. The summed E-state index contributed by atoms with van der Waals surface area (Å²) in [6.07, 6.45) is -1.11. The van der Waals surface area contributed by atoms with E-state index in [-0.39, 0.29) is 11.4 Å². The van der Waals surface area contributed by atoms with E-state index in [1.165, 1.54) is 12.1 Å². The van der Waals surface area contributed by atoms with E-state index in [9.17, 15) is 13.5 Å². The molecule has 0 aromatic heterocycles. The molecule has 0 amide bonds. The van der Waals surface area contributed by atoms with Crippen molar-refractivity contribution in [1.82, 2.24) is 4.72 Å². The third-order valence-electron chi connectivity index (χ3n) is 2.99. The van der Waals surface area contributed by atoms with E-state index in [0.717, 1.165) is 11.1 Å². The number of benzene rings is 2. The Kier molecular flexibility index (Phi) is 5.08. The summed E-state index contributed by atoms with van der Waals surface area (Å²) in [5.41, 5.74) is 1.93. The standard InChI is InChI=1S/C15H17NO4S/c17-11-14(18)10-16-21(19,20)15-8-6-13(7-9-15)12-4-2-1-3-5-12/h1-9,14,16-18H,10-11H2/t14-/m0/s1. The van der Waals surface area contributed by atoms with Crippen LogP contribution in [0, 0.1) is 0 Å². The van der Waals surface area contributed by atoms with Gasteiger partial charge in [-0.1, -0.05) is 42.5 Å². The van der Waals surface area contributed by atoms with Crippen LogP contribution in [0.5, 0.6) is 0 Å². The molecule has 0 fully saturated rings. The molecule has 0 aliphatic heterocycles. The summed E-state index contributed by atoms with van der Waals surface area (Å²) in [7, 11) is -3.69. The first kappa shape index (κ1) is 15.7. The fraction of sp³-hybridized carbons (Fsp3) is 0.200. The van der Waals surface area contributed by atoms with Crippen LogP contribution in [-0.4, -0.2) is 37.9 Å². The Hall–Kier alpha value is -1.73. The Balaban J connectivity index is 2.15. The van der Waals surface area contributed by atoms with Gasteiger partial charge >= 0.3 is 0 Å². The molecule has 21 heavy (non-hydrogen) atoms. The number of aliphatic hydroxyl groups excluding tert-OH is 2. The quantitative estimate of drug-likeness (QED) is 0.742. The lowest BCUT2D eigenvalue weighted by Crippen LogP contribution is -2.33. The van der Waals surface area contributed by atoms with Gasteiger partial charge in [0.25, 0.3) is 0 Å². The molecule has 6 heteroatoms. The highest BCUT2D eigenvalue weighted by molar-refractivity contribution is 7.89. The van der Waals surface area contributed by atoms with E-state index < -0.39 is 22.7 Å². The molecule has 1 atom stereocenters. The van der Waals surface area contributed by atoms with Gasteiger partial charge in [-0.25, -0.2) is 13.1 Å². The first-order chi connectivity index (χ1) is 10.0. The molecule has 2 rings (SSSR count).